The van der Waals surface area contributed by atoms with Gasteiger partial charge < -0.3 is 9.64 Å². The molecule has 0 amide bonds. The number of fused-ring (bicyclic) bond motifs is 1. The lowest BCUT2D eigenvalue weighted by atomic mass is 9.93. The van der Waals surface area contributed by atoms with Gasteiger partial charge in [0.25, 0.3) is 0 Å². The molecule has 0 bridgehead atoms. The van der Waals surface area contributed by atoms with E-state index in [9.17, 15) is 0 Å². The molecule has 2 fully saturated rings. The third-order valence-electron chi connectivity index (χ3n) is 3.85. The molecule has 2 heteroatoms. The Kier molecular flexibility index (Phi) is 3.45. The van der Waals surface area contributed by atoms with E-state index in [0.29, 0.717) is 6.10 Å². The molecule has 0 spiro atoms. The standard InChI is InChI=1S/C12H23NO/c1-3-4-10(2)13-7-5-12-11(9-13)6-8-14-12/h10-12H,3-9H2,1-2H3. The normalized spacial score (nSPS) is 35.6. The van der Waals surface area contributed by atoms with Crippen LogP contribution in [0.4, 0.5) is 0 Å². The van der Waals surface area contributed by atoms with Crippen molar-refractivity contribution in [1.82, 2.24) is 4.90 Å². The summed E-state index contributed by atoms with van der Waals surface area (Å²) in [6.07, 6.45) is 5.80. The van der Waals surface area contributed by atoms with E-state index in [1.54, 1.807) is 0 Å². The van der Waals surface area contributed by atoms with Crippen molar-refractivity contribution in [3.05, 3.63) is 0 Å². The van der Waals surface area contributed by atoms with Gasteiger partial charge in [-0.2, -0.15) is 0 Å². The molecule has 2 aliphatic rings. The third-order valence-corrected chi connectivity index (χ3v) is 3.85. The number of hydrogen-bond acceptors (Lipinski definition) is 2. The Bertz CT molecular complexity index is 183. The maximum Gasteiger partial charge on any atom is 0.0628 e. The van der Waals surface area contributed by atoms with Crippen LogP contribution in [-0.4, -0.2) is 36.7 Å². The number of rotatable bonds is 3. The van der Waals surface area contributed by atoms with Gasteiger partial charge in [-0.15, -0.1) is 0 Å². The molecular formula is C12H23NO. The Morgan fingerprint density at radius 2 is 2.29 bits per heavy atom. The first-order chi connectivity index (χ1) is 6.81. The number of likely N-dealkylation sites (tertiary alicyclic amines) is 1. The van der Waals surface area contributed by atoms with Crippen LogP contribution in [0.15, 0.2) is 0 Å². The van der Waals surface area contributed by atoms with Crippen molar-refractivity contribution >= 4 is 0 Å². The summed E-state index contributed by atoms with van der Waals surface area (Å²) in [4.78, 5) is 2.67. The van der Waals surface area contributed by atoms with Gasteiger partial charge >= 0.3 is 0 Å². The molecule has 0 radical (unpaired) electrons. The Hall–Kier alpha value is -0.0800. The maximum atomic E-state index is 5.72. The number of nitrogens with zero attached hydrogens (tertiary/aromatic N) is 1. The van der Waals surface area contributed by atoms with Crippen LogP contribution in [0.1, 0.15) is 39.5 Å². The van der Waals surface area contributed by atoms with Gasteiger partial charge in [0, 0.05) is 31.7 Å². The minimum Gasteiger partial charge on any atom is -0.378 e. The van der Waals surface area contributed by atoms with E-state index in [-0.39, 0.29) is 0 Å². The van der Waals surface area contributed by atoms with Gasteiger partial charge in [0.2, 0.25) is 0 Å². The Morgan fingerprint density at radius 1 is 1.43 bits per heavy atom. The molecule has 2 nitrogen and oxygen atoms in total. The molecule has 3 atom stereocenters. The van der Waals surface area contributed by atoms with Crippen molar-refractivity contribution in [3.63, 3.8) is 0 Å². The smallest absolute Gasteiger partial charge is 0.0628 e. The van der Waals surface area contributed by atoms with Crippen molar-refractivity contribution in [2.24, 2.45) is 5.92 Å². The largest absolute Gasteiger partial charge is 0.378 e. The molecule has 2 aliphatic heterocycles. The van der Waals surface area contributed by atoms with Crippen molar-refractivity contribution in [1.29, 1.82) is 0 Å². The van der Waals surface area contributed by atoms with Gasteiger partial charge in [0.05, 0.1) is 6.10 Å². The highest BCUT2D eigenvalue weighted by atomic mass is 16.5. The van der Waals surface area contributed by atoms with Crippen LogP contribution in [0.2, 0.25) is 0 Å². The van der Waals surface area contributed by atoms with Crippen LogP contribution in [0.5, 0.6) is 0 Å². The highest BCUT2D eigenvalue weighted by Gasteiger charge is 2.34. The summed E-state index contributed by atoms with van der Waals surface area (Å²) in [5, 5.41) is 0. The average Bonchev–Trinajstić information content (AvgIpc) is 2.64. The van der Waals surface area contributed by atoms with Gasteiger partial charge in [-0.05, 0) is 26.2 Å². The molecule has 82 valence electrons. The first-order valence-electron chi connectivity index (χ1n) is 6.17. The monoisotopic (exact) mass is 197 g/mol. The molecule has 2 saturated heterocycles. The van der Waals surface area contributed by atoms with Gasteiger partial charge in [-0.25, -0.2) is 0 Å². The Labute approximate surface area is 87.6 Å². The topological polar surface area (TPSA) is 12.5 Å². The summed E-state index contributed by atoms with van der Waals surface area (Å²) < 4.78 is 5.72. The fourth-order valence-corrected chi connectivity index (χ4v) is 2.91. The van der Waals surface area contributed by atoms with Crippen molar-refractivity contribution < 1.29 is 4.74 Å². The molecule has 2 rings (SSSR count). The molecular weight excluding hydrogens is 174 g/mol. The molecule has 14 heavy (non-hydrogen) atoms. The molecule has 2 heterocycles. The SMILES string of the molecule is CCCC(C)N1CCC2OCCC2C1. The second kappa shape index (κ2) is 4.63. The molecule has 0 saturated carbocycles. The average molecular weight is 197 g/mol. The fraction of sp³-hybridized carbons (Fsp3) is 1.00. The third kappa shape index (κ3) is 2.12. The fourth-order valence-electron chi connectivity index (χ4n) is 2.91. The number of piperidine rings is 1. The zero-order valence-electron chi connectivity index (χ0n) is 9.54. The van der Waals surface area contributed by atoms with E-state index in [0.717, 1.165) is 18.6 Å². The van der Waals surface area contributed by atoms with Gasteiger partial charge in [-0.1, -0.05) is 13.3 Å². The van der Waals surface area contributed by atoms with Crippen LogP contribution in [-0.2, 0) is 4.74 Å². The van der Waals surface area contributed by atoms with Crippen molar-refractivity contribution in [2.45, 2.75) is 51.7 Å². The van der Waals surface area contributed by atoms with Crippen LogP contribution in [0.25, 0.3) is 0 Å². The van der Waals surface area contributed by atoms with Crippen LogP contribution in [0, 0.1) is 5.92 Å². The first-order valence-corrected chi connectivity index (χ1v) is 6.17. The second-order valence-electron chi connectivity index (χ2n) is 4.88. The van der Waals surface area contributed by atoms with Gasteiger partial charge in [-0.3, -0.25) is 0 Å². The first kappa shape index (κ1) is 10.4. The van der Waals surface area contributed by atoms with Gasteiger partial charge in [0.15, 0.2) is 0 Å². The zero-order chi connectivity index (χ0) is 9.97. The van der Waals surface area contributed by atoms with E-state index in [4.69, 9.17) is 4.74 Å². The van der Waals surface area contributed by atoms with Gasteiger partial charge in [0.1, 0.15) is 0 Å². The van der Waals surface area contributed by atoms with E-state index >= 15 is 0 Å². The summed E-state index contributed by atoms with van der Waals surface area (Å²) in [5.74, 6) is 0.836. The molecule has 3 unspecified atom stereocenters. The lowest BCUT2D eigenvalue weighted by Crippen LogP contribution is -2.45. The summed E-state index contributed by atoms with van der Waals surface area (Å²) in [5.41, 5.74) is 0. The molecule has 0 aromatic carbocycles. The van der Waals surface area contributed by atoms with Crippen LogP contribution >= 0.6 is 0 Å². The van der Waals surface area contributed by atoms with E-state index < -0.39 is 0 Å². The molecule has 0 aromatic rings. The van der Waals surface area contributed by atoms with E-state index in [1.807, 2.05) is 0 Å². The summed E-state index contributed by atoms with van der Waals surface area (Å²) in [7, 11) is 0. The zero-order valence-corrected chi connectivity index (χ0v) is 9.54. The van der Waals surface area contributed by atoms with Crippen LogP contribution < -0.4 is 0 Å². The molecule has 0 aromatic heterocycles. The Morgan fingerprint density at radius 3 is 3.07 bits per heavy atom. The minimum absolute atomic E-state index is 0.597. The maximum absolute atomic E-state index is 5.72. The number of ether oxygens (including phenoxy) is 1. The molecule has 0 aliphatic carbocycles. The van der Waals surface area contributed by atoms with Crippen molar-refractivity contribution in [2.75, 3.05) is 19.7 Å². The predicted molar refractivity (Wildman–Crippen MR) is 58.4 cm³/mol. The van der Waals surface area contributed by atoms with Crippen LogP contribution in [0.3, 0.4) is 0 Å². The summed E-state index contributed by atoms with van der Waals surface area (Å²) in [6.45, 7) is 8.20. The van der Waals surface area contributed by atoms with E-state index in [2.05, 4.69) is 18.7 Å². The molecule has 0 N–H and O–H groups in total. The second-order valence-corrected chi connectivity index (χ2v) is 4.88. The summed E-state index contributed by atoms with van der Waals surface area (Å²) in [6, 6.07) is 0.779. The minimum atomic E-state index is 0.597. The summed E-state index contributed by atoms with van der Waals surface area (Å²) >= 11 is 0. The predicted octanol–water partition coefficient (Wildman–Crippen LogP) is 2.29. The number of hydrogen-bond donors (Lipinski definition) is 0. The lowest BCUT2D eigenvalue weighted by Gasteiger charge is -2.37. The Balaban J connectivity index is 1.84. The van der Waals surface area contributed by atoms with E-state index in [1.165, 1.54) is 38.8 Å². The highest BCUT2D eigenvalue weighted by Crippen LogP contribution is 2.29. The lowest BCUT2D eigenvalue weighted by molar-refractivity contribution is 0.0219. The quantitative estimate of drug-likeness (QED) is 0.688. The highest BCUT2D eigenvalue weighted by molar-refractivity contribution is 4.86. The van der Waals surface area contributed by atoms with Crippen molar-refractivity contribution in [3.8, 4) is 0 Å².